The highest BCUT2D eigenvalue weighted by atomic mass is 19.1. The second-order valence-electron chi connectivity index (χ2n) is 5.98. The van der Waals surface area contributed by atoms with E-state index in [1.165, 1.54) is 13.2 Å². The van der Waals surface area contributed by atoms with Gasteiger partial charge in [-0.15, -0.1) is 5.10 Å². The first-order valence-electron chi connectivity index (χ1n) is 6.84. The van der Waals surface area contributed by atoms with E-state index in [9.17, 15) is 4.39 Å². The lowest BCUT2D eigenvalue weighted by atomic mass is 10.1. The average Bonchev–Trinajstić information content (AvgIpc) is 2.83. The molecule has 2 rings (SSSR count). The highest BCUT2D eigenvalue weighted by Gasteiger charge is 2.10. The van der Waals surface area contributed by atoms with Crippen molar-refractivity contribution in [2.75, 3.05) is 7.11 Å². The summed E-state index contributed by atoms with van der Waals surface area (Å²) >= 11 is 0. The Hall–Kier alpha value is -1.95. The highest BCUT2D eigenvalue weighted by molar-refractivity contribution is 5.29. The van der Waals surface area contributed by atoms with Crippen molar-refractivity contribution in [3.63, 3.8) is 0 Å². The van der Waals surface area contributed by atoms with E-state index in [0.29, 0.717) is 13.1 Å². The Balaban J connectivity index is 2.00. The Labute approximate surface area is 124 Å². The predicted octanol–water partition coefficient (Wildman–Crippen LogP) is 2.36. The van der Waals surface area contributed by atoms with E-state index in [2.05, 4.69) is 36.4 Å². The summed E-state index contributed by atoms with van der Waals surface area (Å²) < 4.78 is 20.2. The van der Waals surface area contributed by atoms with Gasteiger partial charge in [0, 0.05) is 12.1 Å². The summed E-state index contributed by atoms with van der Waals surface area (Å²) in [6, 6.07) is 4.88. The van der Waals surface area contributed by atoms with Crippen LogP contribution in [-0.2, 0) is 13.1 Å². The van der Waals surface area contributed by atoms with Crippen LogP contribution in [0.2, 0.25) is 0 Å². The molecule has 0 saturated carbocycles. The van der Waals surface area contributed by atoms with E-state index in [1.807, 2.05) is 12.3 Å². The molecule has 0 fully saturated rings. The third-order valence-corrected chi connectivity index (χ3v) is 2.95. The van der Waals surface area contributed by atoms with E-state index in [-0.39, 0.29) is 17.1 Å². The van der Waals surface area contributed by atoms with Crippen LogP contribution in [0.5, 0.6) is 5.75 Å². The quantitative estimate of drug-likeness (QED) is 0.919. The van der Waals surface area contributed by atoms with Gasteiger partial charge in [-0.05, 0) is 38.5 Å². The van der Waals surface area contributed by atoms with Gasteiger partial charge in [0.1, 0.15) is 0 Å². The molecule has 2 aromatic rings. The van der Waals surface area contributed by atoms with Gasteiger partial charge in [0.15, 0.2) is 11.6 Å². The van der Waals surface area contributed by atoms with Crippen molar-refractivity contribution in [3.8, 4) is 5.75 Å². The van der Waals surface area contributed by atoms with Crippen LogP contribution in [0.3, 0.4) is 0 Å². The molecule has 1 aromatic heterocycles. The van der Waals surface area contributed by atoms with E-state index in [4.69, 9.17) is 4.74 Å². The molecule has 0 aliphatic rings. The van der Waals surface area contributed by atoms with Gasteiger partial charge in [0.05, 0.1) is 25.5 Å². The average molecular weight is 292 g/mol. The Morgan fingerprint density at radius 1 is 1.33 bits per heavy atom. The lowest BCUT2D eigenvalue weighted by Gasteiger charge is -2.19. The molecule has 0 unspecified atom stereocenters. The topological polar surface area (TPSA) is 52.0 Å². The van der Waals surface area contributed by atoms with Crippen LogP contribution in [0, 0.1) is 5.82 Å². The number of nitrogens with zero attached hydrogens (tertiary/aromatic N) is 3. The van der Waals surface area contributed by atoms with Crippen LogP contribution in [-0.4, -0.2) is 27.6 Å². The summed E-state index contributed by atoms with van der Waals surface area (Å²) in [6.45, 7) is 7.41. The number of hydrogen-bond donors (Lipinski definition) is 1. The molecule has 0 aliphatic carbocycles. The SMILES string of the molecule is COc1ccc(Cn2cc(CNC(C)(C)C)nn2)cc1F. The molecule has 0 aliphatic heterocycles. The van der Waals surface area contributed by atoms with Gasteiger partial charge in [0.2, 0.25) is 0 Å². The minimum absolute atomic E-state index is 0.0306. The van der Waals surface area contributed by atoms with Crippen LogP contribution in [0.4, 0.5) is 4.39 Å². The third-order valence-electron chi connectivity index (χ3n) is 2.95. The van der Waals surface area contributed by atoms with Crippen LogP contribution in [0.1, 0.15) is 32.0 Å². The second kappa shape index (κ2) is 6.22. The summed E-state index contributed by atoms with van der Waals surface area (Å²) in [5.41, 5.74) is 1.70. The summed E-state index contributed by atoms with van der Waals surface area (Å²) in [6.07, 6.45) is 1.86. The van der Waals surface area contributed by atoms with Gasteiger partial charge in [-0.25, -0.2) is 9.07 Å². The summed E-state index contributed by atoms with van der Waals surface area (Å²) in [5, 5.41) is 11.5. The smallest absolute Gasteiger partial charge is 0.165 e. The third kappa shape index (κ3) is 4.53. The van der Waals surface area contributed by atoms with Crippen LogP contribution in [0.25, 0.3) is 0 Å². The zero-order chi connectivity index (χ0) is 15.5. The maximum absolute atomic E-state index is 13.6. The first kappa shape index (κ1) is 15.4. The lowest BCUT2D eigenvalue weighted by Crippen LogP contribution is -2.35. The number of nitrogens with one attached hydrogen (secondary N) is 1. The molecule has 1 aromatic carbocycles. The number of methoxy groups -OCH3 is 1. The number of aromatic nitrogens is 3. The normalized spacial score (nSPS) is 11.7. The highest BCUT2D eigenvalue weighted by Crippen LogP contribution is 2.18. The van der Waals surface area contributed by atoms with Crippen molar-refractivity contribution >= 4 is 0 Å². The Morgan fingerprint density at radius 2 is 2.10 bits per heavy atom. The molecule has 0 amide bonds. The fourth-order valence-electron chi connectivity index (χ4n) is 1.85. The van der Waals surface area contributed by atoms with Gasteiger partial charge in [-0.1, -0.05) is 11.3 Å². The first-order valence-corrected chi connectivity index (χ1v) is 6.84. The molecular formula is C15H21FN4O. The molecule has 6 heteroatoms. The molecule has 0 atom stereocenters. The minimum Gasteiger partial charge on any atom is -0.494 e. The second-order valence-corrected chi connectivity index (χ2v) is 5.98. The predicted molar refractivity (Wildman–Crippen MR) is 78.7 cm³/mol. The minimum atomic E-state index is -0.371. The Morgan fingerprint density at radius 3 is 2.71 bits per heavy atom. The molecular weight excluding hydrogens is 271 g/mol. The molecule has 114 valence electrons. The maximum atomic E-state index is 13.6. The number of hydrogen-bond acceptors (Lipinski definition) is 4. The van der Waals surface area contributed by atoms with Crippen molar-refractivity contribution in [2.24, 2.45) is 0 Å². The van der Waals surface area contributed by atoms with E-state index in [0.717, 1.165) is 11.3 Å². The van der Waals surface area contributed by atoms with Crippen molar-refractivity contribution in [2.45, 2.75) is 39.4 Å². The standard InChI is InChI=1S/C15H21FN4O/c1-15(2,3)17-8-12-10-20(19-18-12)9-11-5-6-14(21-4)13(16)7-11/h5-7,10,17H,8-9H2,1-4H3. The summed E-state index contributed by atoms with van der Waals surface area (Å²) in [5.74, 6) is -0.128. The summed E-state index contributed by atoms with van der Waals surface area (Å²) in [7, 11) is 1.45. The van der Waals surface area contributed by atoms with E-state index in [1.54, 1.807) is 10.7 Å². The molecule has 5 nitrogen and oxygen atoms in total. The Bertz CT molecular complexity index is 604. The van der Waals surface area contributed by atoms with Gasteiger partial charge in [-0.3, -0.25) is 0 Å². The van der Waals surface area contributed by atoms with Gasteiger partial charge in [0.25, 0.3) is 0 Å². The first-order chi connectivity index (χ1) is 9.87. The van der Waals surface area contributed by atoms with Crippen LogP contribution in [0.15, 0.2) is 24.4 Å². The number of benzene rings is 1. The van der Waals surface area contributed by atoms with Crippen LogP contribution < -0.4 is 10.1 Å². The zero-order valence-corrected chi connectivity index (χ0v) is 12.9. The van der Waals surface area contributed by atoms with Gasteiger partial charge >= 0.3 is 0 Å². The van der Waals surface area contributed by atoms with Crippen molar-refractivity contribution in [1.82, 2.24) is 20.3 Å². The van der Waals surface area contributed by atoms with Crippen LogP contribution >= 0.6 is 0 Å². The number of ether oxygens (including phenoxy) is 1. The zero-order valence-electron chi connectivity index (χ0n) is 12.9. The lowest BCUT2D eigenvalue weighted by molar-refractivity contribution is 0.386. The van der Waals surface area contributed by atoms with E-state index >= 15 is 0 Å². The molecule has 0 radical (unpaired) electrons. The Kier molecular flexibility index (Phi) is 4.57. The molecule has 1 heterocycles. The summed E-state index contributed by atoms with van der Waals surface area (Å²) in [4.78, 5) is 0. The van der Waals surface area contributed by atoms with Gasteiger partial charge < -0.3 is 10.1 Å². The molecule has 0 bridgehead atoms. The molecule has 0 saturated heterocycles. The maximum Gasteiger partial charge on any atom is 0.165 e. The van der Waals surface area contributed by atoms with Crippen molar-refractivity contribution < 1.29 is 9.13 Å². The fraction of sp³-hybridized carbons (Fsp3) is 0.467. The molecule has 1 N–H and O–H groups in total. The number of rotatable bonds is 5. The van der Waals surface area contributed by atoms with Crippen molar-refractivity contribution in [1.29, 1.82) is 0 Å². The molecule has 0 spiro atoms. The molecule has 21 heavy (non-hydrogen) atoms. The van der Waals surface area contributed by atoms with Gasteiger partial charge in [-0.2, -0.15) is 0 Å². The van der Waals surface area contributed by atoms with Crippen molar-refractivity contribution in [3.05, 3.63) is 41.5 Å². The largest absolute Gasteiger partial charge is 0.494 e. The van der Waals surface area contributed by atoms with E-state index < -0.39 is 0 Å². The monoisotopic (exact) mass is 292 g/mol. The number of halogens is 1. The fourth-order valence-corrected chi connectivity index (χ4v) is 1.85.